The van der Waals surface area contributed by atoms with Crippen LogP contribution in [0.5, 0.6) is 0 Å². The number of hydrogen-bond acceptors (Lipinski definition) is 2. The Labute approximate surface area is 138 Å². The summed E-state index contributed by atoms with van der Waals surface area (Å²) in [6, 6.07) is 7.88. The quantitative estimate of drug-likeness (QED) is 0.770. The van der Waals surface area contributed by atoms with Crippen LogP contribution >= 0.6 is 0 Å². The zero-order valence-corrected chi connectivity index (χ0v) is 14.2. The number of nitrogens with zero attached hydrogens (tertiary/aromatic N) is 1. The Kier molecular flexibility index (Phi) is 6.67. The highest BCUT2D eigenvalue weighted by atomic mass is 14.9. The average Bonchev–Trinajstić information content (AvgIpc) is 2.95. The smallest absolute Gasteiger partial charge is 0.107 e. The Morgan fingerprint density at radius 2 is 2.00 bits per heavy atom. The first-order chi connectivity index (χ1) is 11.2. The number of para-hydroxylation sites is 1. The predicted molar refractivity (Wildman–Crippen MR) is 100 cm³/mol. The van der Waals surface area contributed by atoms with Gasteiger partial charge in [0.15, 0.2) is 0 Å². The van der Waals surface area contributed by atoms with E-state index in [1.807, 2.05) is 36.4 Å². The van der Waals surface area contributed by atoms with E-state index >= 15 is 0 Å². The SMILES string of the molecule is CCC/C=c1/nc(CCCC)[nH]/c1=C\C=C\c1ccccc1N. The first-order valence-electron chi connectivity index (χ1n) is 8.52. The summed E-state index contributed by atoms with van der Waals surface area (Å²) < 4.78 is 0. The van der Waals surface area contributed by atoms with Gasteiger partial charge in [0.05, 0.1) is 10.7 Å². The van der Waals surface area contributed by atoms with Gasteiger partial charge in [-0.15, -0.1) is 0 Å². The molecule has 0 unspecified atom stereocenters. The van der Waals surface area contributed by atoms with Gasteiger partial charge in [-0.05, 0) is 30.5 Å². The lowest BCUT2D eigenvalue weighted by molar-refractivity contribution is 0.760. The molecule has 0 fully saturated rings. The molecule has 1 aromatic carbocycles. The zero-order valence-electron chi connectivity index (χ0n) is 14.2. The van der Waals surface area contributed by atoms with Crippen LogP contribution in [0, 0.1) is 0 Å². The van der Waals surface area contributed by atoms with Crippen molar-refractivity contribution in [1.82, 2.24) is 9.97 Å². The molecule has 3 nitrogen and oxygen atoms in total. The molecule has 0 saturated heterocycles. The van der Waals surface area contributed by atoms with Crippen LogP contribution in [0.15, 0.2) is 30.3 Å². The number of H-pyrrole nitrogens is 1. The number of imidazole rings is 1. The molecular weight excluding hydrogens is 282 g/mol. The Hall–Kier alpha value is -2.29. The van der Waals surface area contributed by atoms with Crippen molar-refractivity contribution in [3.63, 3.8) is 0 Å². The molecule has 2 rings (SSSR count). The van der Waals surface area contributed by atoms with Crippen molar-refractivity contribution in [3.8, 4) is 0 Å². The fourth-order valence-electron chi connectivity index (χ4n) is 2.39. The molecule has 0 spiro atoms. The highest BCUT2D eigenvalue weighted by Gasteiger charge is 1.98. The molecular formula is C20H27N3. The maximum Gasteiger partial charge on any atom is 0.107 e. The number of aromatic nitrogens is 2. The molecule has 122 valence electrons. The van der Waals surface area contributed by atoms with Crippen LogP contribution in [0.2, 0.25) is 0 Å². The minimum absolute atomic E-state index is 0.795. The minimum Gasteiger partial charge on any atom is -0.398 e. The van der Waals surface area contributed by atoms with Crippen molar-refractivity contribution < 1.29 is 0 Å². The van der Waals surface area contributed by atoms with Crippen LogP contribution < -0.4 is 16.4 Å². The van der Waals surface area contributed by atoms with Crippen LogP contribution in [0.4, 0.5) is 5.69 Å². The van der Waals surface area contributed by atoms with Gasteiger partial charge in [0.1, 0.15) is 5.82 Å². The number of aromatic amines is 1. The molecule has 3 N–H and O–H groups in total. The molecule has 0 aliphatic heterocycles. The highest BCUT2D eigenvalue weighted by molar-refractivity contribution is 5.67. The molecule has 0 aliphatic rings. The molecule has 0 aliphatic carbocycles. The van der Waals surface area contributed by atoms with Crippen molar-refractivity contribution in [1.29, 1.82) is 0 Å². The summed E-state index contributed by atoms with van der Waals surface area (Å²) in [6.45, 7) is 4.38. The number of benzene rings is 1. The Morgan fingerprint density at radius 1 is 1.17 bits per heavy atom. The van der Waals surface area contributed by atoms with Gasteiger partial charge in [-0.2, -0.15) is 0 Å². The van der Waals surface area contributed by atoms with Crippen LogP contribution in [0.1, 0.15) is 50.9 Å². The molecule has 2 aromatic rings. The van der Waals surface area contributed by atoms with E-state index in [-0.39, 0.29) is 0 Å². The first kappa shape index (κ1) is 17.1. The van der Waals surface area contributed by atoms with E-state index in [9.17, 15) is 0 Å². The second-order valence-corrected chi connectivity index (χ2v) is 5.73. The van der Waals surface area contributed by atoms with Gasteiger partial charge in [0.25, 0.3) is 0 Å². The third-order valence-electron chi connectivity index (χ3n) is 3.74. The Bertz CT molecular complexity index is 753. The fraction of sp³-hybridized carbons (Fsp3) is 0.350. The molecule has 0 amide bonds. The van der Waals surface area contributed by atoms with Gasteiger partial charge < -0.3 is 10.7 Å². The second kappa shape index (κ2) is 8.99. The number of rotatable bonds is 7. The Balaban J connectivity index is 2.29. The summed E-state index contributed by atoms with van der Waals surface area (Å²) in [6.07, 6.45) is 13.9. The third kappa shape index (κ3) is 5.13. The average molecular weight is 309 g/mol. The van der Waals surface area contributed by atoms with Gasteiger partial charge in [-0.1, -0.05) is 63.1 Å². The van der Waals surface area contributed by atoms with E-state index in [2.05, 4.69) is 31.0 Å². The summed E-state index contributed by atoms with van der Waals surface area (Å²) >= 11 is 0. The molecule has 3 heteroatoms. The number of allylic oxidation sites excluding steroid dienone is 1. The standard InChI is InChI=1S/C20H27N3/c1-3-5-13-18-19(23-20(22-18)15-6-4-2)14-9-11-16-10-7-8-12-17(16)21/h7-14H,3-6,15,21H2,1-2H3,(H,22,23)/b11-9+,18-13+,19-14-. The molecule has 0 radical (unpaired) electrons. The Morgan fingerprint density at radius 3 is 2.74 bits per heavy atom. The van der Waals surface area contributed by atoms with E-state index in [0.29, 0.717) is 0 Å². The number of unbranched alkanes of at least 4 members (excludes halogenated alkanes) is 2. The summed E-state index contributed by atoms with van der Waals surface area (Å²) in [7, 11) is 0. The van der Waals surface area contributed by atoms with E-state index < -0.39 is 0 Å². The van der Waals surface area contributed by atoms with E-state index in [1.54, 1.807) is 0 Å². The van der Waals surface area contributed by atoms with Crippen molar-refractivity contribution >= 4 is 23.9 Å². The topological polar surface area (TPSA) is 54.7 Å². The summed E-state index contributed by atoms with van der Waals surface area (Å²) in [5, 5.41) is 2.14. The van der Waals surface area contributed by atoms with E-state index in [0.717, 1.165) is 53.5 Å². The van der Waals surface area contributed by atoms with Crippen LogP contribution in [-0.4, -0.2) is 9.97 Å². The third-order valence-corrected chi connectivity index (χ3v) is 3.74. The van der Waals surface area contributed by atoms with Crippen molar-refractivity contribution in [2.45, 2.75) is 46.0 Å². The fourth-order valence-corrected chi connectivity index (χ4v) is 2.39. The van der Waals surface area contributed by atoms with E-state index in [4.69, 9.17) is 10.7 Å². The molecule has 0 bridgehead atoms. The molecule has 0 saturated carbocycles. The largest absolute Gasteiger partial charge is 0.398 e. The molecule has 1 aromatic heterocycles. The monoisotopic (exact) mass is 309 g/mol. The maximum absolute atomic E-state index is 5.96. The summed E-state index contributed by atoms with van der Waals surface area (Å²) in [5.74, 6) is 1.08. The van der Waals surface area contributed by atoms with Gasteiger partial charge in [-0.25, -0.2) is 4.98 Å². The van der Waals surface area contributed by atoms with Crippen LogP contribution in [-0.2, 0) is 6.42 Å². The van der Waals surface area contributed by atoms with Crippen LogP contribution in [0.25, 0.3) is 18.2 Å². The van der Waals surface area contributed by atoms with Gasteiger partial charge in [0.2, 0.25) is 0 Å². The van der Waals surface area contributed by atoms with Crippen molar-refractivity contribution in [3.05, 3.63) is 52.4 Å². The predicted octanol–water partition coefficient (Wildman–Crippen LogP) is 3.41. The van der Waals surface area contributed by atoms with Crippen molar-refractivity contribution in [2.24, 2.45) is 0 Å². The number of anilines is 1. The zero-order chi connectivity index (χ0) is 16.5. The van der Waals surface area contributed by atoms with Crippen molar-refractivity contribution in [2.75, 3.05) is 5.73 Å². The molecule has 1 heterocycles. The summed E-state index contributed by atoms with van der Waals surface area (Å²) in [4.78, 5) is 8.17. The van der Waals surface area contributed by atoms with Gasteiger partial charge >= 0.3 is 0 Å². The maximum atomic E-state index is 5.96. The van der Waals surface area contributed by atoms with Gasteiger partial charge in [0, 0.05) is 12.1 Å². The normalized spacial score (nSPS) is 13.3. The van der Waals surface area contributed by atoms with E-state index in [1.165, 1.54) is 6.42 Å². The first-order valence-corrected chi connectivity index (χ1v) is 8.52. The number of nitrogens with two attached hydrogens (primary N) is 1. The van der Waals surface area contributed by atoms with Gasteiger partial charge in [-0.3, -0.25) is 0 Å². The lowest BCUT2D eigenvalue weighted by Crippen LogP contribution is -2.23. The number of nitrogens with one attached hydrogen (secondary N) is 1. The second-order valence-electron chi connectivity index (χ2n) is 5.73. The molecule has 23 heavy (non-hydrogen) atoms. The number of aryl methyl sites for hydroxylation is 1. The van der Waals surface area contributed by atoms with Crippen LogP contribution in [0.3, 0.4) is 0 Å². The minimum atomic E-state index is 0.795. The highest BCUT2D eigenvalue weighted by Crippen LogP contribution is 2.11. The number of hydrogen-bond donors (Lipinski definition) is 2. The lowest BCUT2D eigenvalue weighted by Gasteiger charge is -1.96. The molecule has 0 atom stereocenters. The summed E-state index contributed by atoms with van der Waals surface area (Å²) in [5.41, 5.74) is 7.79. The lowest BCUT2D eigenvalue weighted by atomic mass is 10.1. The number of nitrogen functional groups attached to an aromatic ring is 1.